The Hall–Kier alpha value is -1.09. The normalized spacial score (nSPS) is 25.2. The maximum absolute atomic E-state index is 5.94. The molecule has 0 bridgehead atoms. The quantitative estimate of drug-likeness (QED) is 0.841. The summed E-state index contributed by atoms with van der Waals surface area (Å²) in [6.07, 6.45) is 8.18. The van der Waals surface area contributed by atoms with E-state index in [4.69, 9.17) is 5.73 Å². The summed E-state index contributed by atoms with van der Waals surface area (Å²) >= 11 is 0. The lowest BCUT2D eigenvalue weighted by Crippen LogP contribution is -2.34. The van der Waals surface area contributed by atoms with Gasteiger partial charge in [-0.1, -0.05) is 25.8 Å². The van der Waals surface area contributed by atoms with E-state index in [2.05, 4.69) is 30.3 Å². The van der Waals surface area contributed by atoms with Crippen molar-refractivity contribution < 1.29 is 0 Å². The van der Waals surface area contributed by atoms with Crippen LogP contribution in [0.25, 0.3) is 0 Å². The van der Waals surface area contributed by atoms with Gasteiger partial charge in [-0.05, 0) is 49.8 Å². The first kappa shape index (κ1) is 13.3. The van der Waals surface area contributed by atoms with Gasteiger partial charge in [0.2, 0.25) is 0 Å². The summed E-state index contributed by atoms with van der Waals surface area (Å²) in [6.45, 7) is 2.31. The van der Waals surface area contributed by atoms with E-state index < -0.39 is 0 Å². The van der Waals surface area contributed by atoms with E-state index in [9.17, 15) is 0 Å². The number of hydrogen-bond donors (Lipinski definition) is 2. The Kier molecular flexibility index (Phi) is 4.59. The molecule has 3 atom stereocenters. The molecule has 0 spiro atoms. The van der Waals surface area contributed by atoms with Gasteiger partial charge in [0.1, 0.15) is 5.82 Å². The molecular weight excluding hydrogens is 222 g/mol. The Labute approximate surface area is 110 Å². The largest absolute Gasteiger partial charge is 0.383 e. The lowest BCUT2D eigenvalue weighted by atomic mass is 9.91. The van der Waals surface area contributed by atoms with Crippen LogP contribution in [0, 0.1) is 11.8 Å². The third-order valence-electron chi connectivity index (χ3n) is 4.46. The van der Waals surface area contributed by atoms with Crippen molar-refractivity contribution >= 4 is 5.82 Å². The van der Waals surface area contributed by atoms with Crippen molar-refractivity contribution in [1.82, 2.24) is 10.3 Å². The zero-order valence-corrected chi connectivity index (χ0v) is 11.5. The van der Waals surface area contributed by atoms with Gasteiger partial charge in [0.25, 0.3) is 0 Å². The molecule has 3 nitrogen and oxygen atoms in total. The van der Waals surface area contributed by atoms with Crippen LogP contribution in [0.2, 0.25) is 0 Å². The maximum Gasteiger partial charge on any atom is 0.126 e. The van der Waals surface area contributed by atoms with E-state index in [1.54, 1.807) is 6.20 Å². The molecule has 0 aromatic carbocycles. The molecule has 3 heteroatoms. The van der Waals surface area contributed by atoms with E-state index >= 15 is 0 Å². The van der Waals surface area contributed by atoms with E-state index in [0.717, 1.165) is 18.3 Å². The third kappa shape index (κ3) is 3.02. The average Bonchev–Trinajstić information content (AvgIpc) is 2.86. The minimum atomic E-state index is 0.535. The van der Waals surface area contributed by atoms with Crippen LogP contribution in [-0.4, -0.2) is 18.1 Å². The van der Waals surface area contributed by atoms with Crippen LogP contribution in [0.3, 0.4) is 0 Å². The van der Waals surface area contributed by atoms with Crippen LogP contribution in [-0.2, 0) is 6.42 Å². The Morgan fingerprint density at radius 1 is 1.50 bits per heavy atom. The topological polar surface area (TPSA) is 50.9 Å². The average molecular weight is 247 g/mol. The minimum absolute atomic E-state index is 0.535. The van der Waals surface area contributed by atoms with Crippen molar-refractivity contribution in [3.8, 4) is 0 Å². The fourth-order valence-electron chi connectivity index (χ4n) is 3.21. The zero-order chi connectivity index (χ0) is 13.0. The Morgan fingerprint density at radius 2 is 2.33 bits per heavy atom. The first-order valence-electron chi connectivity index (χ1n) is 7.11. The fraction of sp³-hybridized carbons (Fsp3) is 0.667. The van der Waals surface area contributed by atoms with Gasteiger partial charge < -0.3 is 11.1 Å². The zero-order valence-electron chi connectivity index (χ0n) is 11.5. The molecule has 0 aliphatic heterocycles. The fourth-order valence-corrected chi connectivity index (χ4v) is 3.21. The maximum atomic E-state index is 5.94. The highest BCUT2D eigenvalue weighted by Gasteiger charge is 2.29. The van der Waals surface area contributed by atoms with E-state index in [-0.39, 0.29) is 0 Å². The van der Waals surface area contributed by atoms with Crippen molar-refractivity contribution in [1.29, 1.82) is 0 Å². The van der Waals surface area contributed by atoms with Crippen LogP contribution in [0.5, 0.6) is 0 Å². The molecule has 0 amide bonds. The number of rotatable bonds is 5. The first-order valence-corrected chi connectivity index (χ1v) is 7.11. The highest BCUT2D eigenvalue weighted by molar-refractivity contribution is 5.39. The summed E-state index contributed by atoms with van der Waals surface area (Å²) in [5.41, 5.74) is 7.11. The lowest BCUT2D eigenvalue weighted by molar-refractivity contribution is 0.362. The number of nitrogens with zero attached hydrogens (tertiary/aromatic N) is 1. The van der Waals surface area contributed by atoms with Gasteiger partial charge in [-0.15, -0.1) is 0 Å². The van der Waals surface area contributed by atoms with E-state index in [1.807, 2.05) is 6.07 Å². The van der Waals surface area contributed by atoms with Crippen LogP contribution in [0.1, 0.15) is 38.2 Å². The predicted octanol–water partition coefficient (Wildman–Crippen LogP) is 2.62. The highest BCUT2D eigenvalue weighted by atomic mass is 14.9. The van der Waals surface area contributed by atoms with Crippen molar-refractivity contribution in [2.24, 2.45) is 11.8 Å². The molecule has 1 aliphatic rings. The van der Waals surface area contributed by atoms with Crippen molar-refractivity contribution in [3.63, 3.8) is 0 Å². The Bertz CT molecular complexity index is 378. The first-order chi connectivity index (χ1) is 8.74. The molecule has 1 saturated carbocycles. The summed E-state index contributed by atoms with van der Waals surface area (Å²) in [7, 11) is 2.07. The van der Waals surface area contributed by atoms with Gasteiger partial charge in [0, 0.05) is 12.2 Å². The van der Waals surface area contributed by atoms with Crippen molar-refractivity contribution in [2.45, 2.75) is 45.1 Å². The number of nitrogens with one attached hydrogen (secondary N) is 1. The lowest BCUT2D eigenvalue weighted by Gasteiger charge is -2.23. The SMILES string of the molecule is CCC1CCC(C(Cc2cccnc2N)NC)C1. The van der Waals surface area contributed by atoms with E-state index in [1.165, 1.54) is 31.2 Å². The van der Waals surface area contributed by atoms with Crippen LogP contribution < -0.4 is 11.1 Å². The van der Waals surface area contributed by atoms with Gasteiger partial charge in [-0.25, -0.2) is 4.98 Å². The Morgan fingerprint density at radius 3 is 2.94 bits per heavy atom. The second-order valence-electron chi connectivity index (χ2n) is 5.49. The van der Waals surface area contributed by atoms with Gasteiger partial charge in [0.15, 0.2) is 0 Å². The summed E-state index contributed by atoms with van der Waals surface area (Å²) in [6, 6.07) is 4.61. The molecule has 100 valence electrons. The molecule has 3 N–H and O–H groups in total. The molecule has 0 radical (unpaired) electrons. The number of hydrogen-bond acceptors (Lipinski definition) is 3. The standard InChI is InChI=1S/C15H25N3/c1-3-11-6-7-12(9-11)14(17-2)10-13-5-4-8-18-15(13)16/h4-5,8,11-12,14,17H,3,6-7,9-10H2,1-2H3,(H2,16,18). The van der Waals surface area contributed by atoms with Crippen molar-refractivity contribution in [2.75, 3.05) is 12.8 Å². The summed E-state index contributed by atoms with van der Waals surface area (Å²) in [5, 5.41) is 3.48. The smallest absolute Gasteiger partial charge is 0.126 e. The second kappa shape index (κ2) is 6.19. The van der Waals surface area contributed by atoms with Crippen LogP contribution >= 0.6 is 0 Å². The third-order valence-corrected chi connectivity index (χ3v) is 4.46. The predicted molar refractivity (Wildman–Crippen MR) is 76.3 cm³/mol. The number of anilines is 1. The van der Waals surface area contributed by atoms with Gasteiger partial charge in [-0.2, -0.15) is 0 Å². The molecule has 3 unspecified atom stereocenters. The Balaban J connectivity index is 2.00. The molecule has 2 rings (SSSR count). The summed E-state index contributed by atoms with van der Waals surface area (Å²) in [4.78, 5) is 4.17. The highest BCUT2D eigenvalue weighted by Crippen LogP contribution is 2.35. The molecule has 1 aromatic rings. The molecule has 1 aromatic heterocycles. The van der Waals surface area contributed by atoms with E-state index in [0.29, 0.717) is 11.9 Å². The van der Waals surface area contributed by atoms with Gasteiger partial charge >= 0.3 is 0 Å². The number of aromatic nitrogens is 1. The summed E-state index contributed by atoms with van der Waals surface area (Å²) in [5.74, 6) is 2.40. The molecule has 18 heavy (non-hydrogen) atoms. The molecule has 0 saturated heterocycles. The number of likely N-dealkylation sites (N-methyl/N-ethyl adjacent to an activating group) is 1. The molecule has 1 aliphatic carbocycles. The van der Waals surface area contributed by atoms with Crippen LogP contribution in [0.15, 0.2) is 18.3 Å². The summed E-state index contributed by atoms with van der Waals surface area (Å²) < 4.78 is 0. The van der Waals surface area contributed by atoms with Crippen LogP contribution in [0.4, 0.5) is 5.82 Å². The van der Waals surface area contributed by atoms with Gasteiger partial charge in [-0.3, -0.25) is 0 Å². The number of nitrogen functional groups attached to an aromatic ring is 1. The minimum Gasteiger partial charge on any atom is -0.383 e. The monoisotopic (exact) mass is 247 g/mol. The molecule has 1 fully saturated rings. The molecular formula is C15H25N3. The number of nitrogens with two attached hydrogens (primary N) is 1. The van der Waals surface area contributed by atoms with Gasteiger partial charge in [0.05, 0.1) is 0 Å². The van der Waals surface area contributed by atoms with Crippen molar-refractivity contribution in [3.05, 3.63) is 23.9 Å². The number of pyridine rings is 1. The molecule has 1 heterocycles. The second-order valence-corrected chi connectivity index (χ2v) is 5.49.